The Balaban J connectivity index is 1.86. The fraction of sp³-hybridized carbons (Fsp3) is 0.619. The van der Waals surface area contributed by atoms with Gasteiger partial charge in [-0.1, -0.05) is 31.9 Å². The molecule has 0 saturated heterocycles. The second-order valence-electron chi connectivity index (χ2n) is 7.27. The summed E-state index contributed by atoms with van der Waals surface area (Å²) in [5, 5.41) is 0. The third kappa shape index (κ3) is 5.82. The van der Waals surface area contributed by atoms with Crippen LogP contribution in [0.15, 0.2) is 24.3 Å². The second kappa shape index (κ2) is 9.52. The maximum absolute atomic E-state index is 13.8. The van der Waals surface area contributed by atoms with Crippen molar-refractivity contribution in [1.29, 1.82) is 0 Å². The summed E-state index contributed by atoms with van der Waals surface area (Å²) in [5.74, 6) is -2.46. The Bertz CT molecular complexity index is 572. The molecular formula is C21H27F5. The van der Waals surface area contributed by atoms with Crippen molar-refractivity contribution in [3.05, 3.63) is 47.0 Å². The molecule has 1 aliphatic carbocycles. The van der Waals surface area contributed by atoms with E-state index >= 15 is 0 Å². The summed E-state index contributed by atoms with van der Waals surface area (Å²) in [5.41, 5.74) is -1.43. The third-order valence-corrected chi connectivity index (χ3v) is 5.27. The molecule has 1 aromatic rings. The van der Waals surface area contributed by atoms with Gasteiger partial charge in [-0.3, -0.25) is 0 Å². The number of hydrogen-bond donors (Lipinski definition) is 0. The zero-order chi connectivity index (χ0) is 19.2. The molecule has 0 amide bonds. The fourth-order valence-corrected chi connectivity index (χ4v) is 3.81. The highest BCUT2D eigenvalue weighted by molar-refractivity contribution is 5.30. The van der Waals surface area contributed by atoms with Crippen LogP contribution in [0, 0.1) is 17.6 Å². The Kier molecular flexibility index (Phi) is 7.66. The number of halogens is 5. The number of allylic oxidation sites excluding steroid dienone is 2. The van der Waals surface area contributed by atoms with E-state index in [1.807, 2.05) is 0 Å². The molecule has 0 bridgehead atoms. The Morgan fingerprint density at radius 3 is 2.08 bits per heavy atom. The Morgan fingerprint density at radius 1 is 0.962 bits per heavy atom. The van der Waals surface area contributed by atoms with Crippen LogP contribution >= 0.6 is 0 Å². The molecule has 0 aromatic heterocycles. The molecule has 0 atom stereocenters. The topological polar surface area (TPSA) is 0 Å². The van der Waals surface area contributed by atoms with Crippen LogP contribution in [-0.4, -0.2) is 0 Å². The van der Waals surface area contributed by atoms with E-state index in [0.29, 0.717) is 11.5 Å². The molecule has 146 valence electrons. The predicted octanol–water partition coefficient (Wildman–Crippen LogP) is 7.78. The van der Waals surface area contributed by atoms with Crippen LogP contribution < -0.4 is 0 Å². The van der Waals surface area contributed by atoms with Gasteiger partial charge in [-0.15, -0.1) is 0 Å². The first-order valence-electron chi connectivity index (χ1n) is 9.54. The van der Waals surface area contributed by atoms with Crippen molar-refractivity contribution >= 4 is 0 Å². The summed E-state index contributed by atoms with van der Waals surface area (Å²) in [6.07, 6.45) is 8.55. The van der Waals surface area contributed by atoms with Gasteiger partial charge in [-0.2, -0.15) is 13.2 Å². The highest BCUT2D eigenvalue weighted by Gasteiger charge is 2.38. The largest absolute Gasteiger partial charge is 0.422 e. The Hall–Kier alpha value is -1.39. The number of rotatable bonds is 7. The van der Waals surface area contributed by atoms with Crippen molar-refractivity contribution in [1.82, 2.24) is 0 Å². The number of alkyl halides is 3. The highest BCUT2D eigenvalue weighted by Crippen LogP contribution is 2.40. The van der Waals surface area contributed by atoms with Crippen LogP contribution in [0.1, 0.15) is 81.8 Å². The van der Waals surface area contributed by atoms with Crippen molar-refractivity contribution in [3.63, 3.8) is 0 Å². The van der Waals surface area contributed by atoms with Crippen LogP contribution in [-0.2, 0) is 6.18 Å². The summed E-state index contributed by atoms with van der Waals surface area (Å²) in [7, 11) is 0. The lowest BCUT2D eigenvalue weighted by Crippen LogP contribution is -2.16. The van der Waals surface area contributed by atoms with E-state index in [9.17, 15) is 22.0 Å². The Morgan fingerprint density at radius 2 is 1.54 bits per heavy atom. The molecule has 0 N–H and O–H groups in total. The first kappa shape index (κ1) is 20.9. The smallest absolute Gasteiger partial charge is 0.206 e. The van der Waals surface area contributed by atoms with Crippen LogP contribution in [0.5, 0.6) is 0 Å². The molecular weight excluding hydrogens is 347 g/mol. The molecule has 1 saturated carbocycles. The SMILES string of the molecule is CCC/C=C/CCCC1CCC(c2cc(F)c(C(F)(F)F)c(F)c2)CC1. The van der Waals surface area contributed by atoms with Crippen LogP contribution in [0.25, 0.3) is 0 Å². The molecule has 0 spiro atoms. The maximum atomic E-state index is 13.8. The van der Waals surface area contributed by atoms with Crippen LogP contribution in [0.4, 0.5) is 22.0 Å². The van der Waals surface area contributed by atoms with Crippen LogP contribution in [0.3, 0.4) is 0 Å². The van der Waals surface area contributed by atoms with E-state index in [0.717, 1.165) is 69.9 Å². The number of unbranched alkanes of at least 4 members (excludes halogenated alkanes) is 2. The minimum absolute atomic E-state index is 0.0537. The lowest BCUT2D eigenvalue weighted by molar-refractivity contribution is -0.142. The molecule has 1 fully saturated rings. The van der Waals surface area contributed by atoms with E-state index in [1.54, 1.807) is 0 Å². The standard InChI is InChI=1S/C21H27F5/c1-2-3-4-5-6-7-8-15-9-11-16(12-10-15)17-13-18(22)20(19(23)14-17)21(24,25)26/h4-5,13-16H,2-3,6-12H2,1H3/b5-4+. The molecule has 0 radical (unpaired) electrons. The first-order chi connectivity index (χ1) is 12.3. The van der Waals surface area contributed by atoms with Gasteiger partial charge < -0.3 is 0 Å². The van der Waals surface area contributed by atoms with Gasteiger partial charge in [0.1, 0.15) is 17.2 Å². The van der Waals surface area contributed by atoms with Crippen molar-refractivity contribution in [2.24, 2.45) is 5.92 Å². The van der Waals surface area contributed by atoms with Gasteiger partial charge in [0.05, 0.1) is 0 Å². The van der Waals surface area contributed by atoms with Gasteiger partial charge in [0.25, 0.3) is 0 Å². The molecule has 1 aliphatic rings. The molecule has 0 nitrogen and oxygen atoms in total. The summed E-state index contributed by atoms with van der Waals surface area (Å²) < 4.78 is 65.5. The summed E-state index contributed by atoms with van der Waals surface area (Å²) in [6.45, 7) is 2.15. The molecule has 0 heterocycles. The lowest BCUT2D eigenvalue weighted by Gasteiger charge is -2.29. The quantitative estimate of drug-likeness (QED) is 0.260. The average molecular weight is 374 g/mol. The minimum Gasteiger partial charge on any atom is -0.206 e. The van der Waals surface area contributed by atoms with Gasteiger partial charge in [-0.25, -0.2) is 8.78 Å². The highest BCUT2D eigenvalue weighted by atomic mass is 19.4. The van der Waals surface area contributed by atoms with Gasteiger partial charge in [0.2, 0.25) is 0 Å². The van der Waals surface area contributed by atoms with Crippen molar-refractivity contribution in [2.75, 3.05) is 0 Å². The van der Waals surface area contributed by atoms with Gasteiger partial charge >= 0.3 is 6.18 Å². The molecule has 1 aromatic carbocycles. The summed E-state index contributed by atoms with van der Waals surface area (Å²) in [6, 6.07) is 1.74. The fourth-order valence-electron chi connectivity index (χ4n) is 3.81. The van der Waals surface area contributed by atoms with Crippen molar-refractivity contribution in [2.45, 2.75) is 76.8 Å². The normalized spacial score (nSPS) is 21.5. The first-order valence-corrected chi connectivity index (χ1v) is 9.54. The van der Waals surface area contributed by atoms with E-state index < -0.39 is 23.4 Å². The monoisotopic (exact) mass is 374 g/mol. The number of hydrogen-bond acceptors (Lipinski definition) is 0. The van der Waals surface area contributed by atoms with Crippen molar-refractivity contribution < 1.29 is 22.0 Å². The molecule has 2 rings (SSSR count). The van der Waals surface area contributed by atoms with Gasteiger partial charge in [0, 0.05) is 0 Å². The molecule has 0 aliphatic heterocycles. The van der Waals surface area contributed by atoms with Gasteiger partial charge in [-0.05, 0) is 74.5 Å². The number of benzene rings is 1. The molecule has 0 unspecified atom stereocenters. The maximum Gasteiger partial charge on any atom is 0.422 e. The predicted molar refractivity (Wildman–Crippen MR) is 94.0 cm³/mol. The van der Waals surface area contributed by atoms with Gasteiger partial charge in [0.15, 0.2) is 0 Å². The zero-order valence-corrected chi connectivity index (χ0v) is 15.2. The average Bonchev–Trinajstić information content (AvgIpc) is 2.56. The van der Waals surface area contributed by atoms with Crippen LogP contribution in [0.2, 0.25) is 0 Å². The van der Waals surface area contributed by atoms with E-state index in [4.69, 9.17) is 0 Å². The summed E-state index contributed by atoms with van der Waals surface area (Å²) >= 11 is 0. The Labute approximate surface area is 152 Å². The zero-order valence-electron chi connectivity index (χ0n) is 15.2. The molecule has 26 heavy (non-hydrogen) atoms. The summed E-state index contributed by atoms with van der Waals surface area (Å²) in [4.78, 5) is 0. The van der Waals surface area contributed by atoms with Crippen molar-refractivity contribution in [3.8, 4) is 0 Å². The van der Waals surface area contributed by atoms with E-state index in [2.05, 4.69) is 19.1 Å². The molecule has 5 heteroatoms. The van der Waals surface area contributed by atoms with E-state index in [-0.39, 0.29) is 5.92 Å². The second-order valence-corrected chi connectivity index (χ2v) is 7.27. The third-order valence-electron chi connectivity index (χ3n) is 5.27. The minimum atomic E-state index is -5.00. The lowest BCUT2D eigenvalue weighted by atomic mass is 9.77. The van der Waals surface area contributed by atoms with E-state index in [1.165, 1.54) is 0 Å².